The van der Waals surface area contributed by atoms with Gasteiger partial charge in [0.05, 0.1) is 0 Å². The van der Waals surface area contributed by atoms with Crippen molar-refractivity contribution in [3.05, 3.63) is 0 Å². The third-order valence-electron chi connectivity index (χ3n) is 0.953. The summed E-state index contributed by atoms with van der Waals surface area (Å²) in [5.41, 5.74) is 0. The lowest BCUT2D eigenvalue weighted by atomic mass is 10.8. The van der Waals surface area contributed by atoms with E-state index in [1.807, 2.05) is 0 Å². The van der Waals surface area contributed by atoms with Crippen molar-refractivity contribution < 1.29 is 22.9 Å². The van der Waals surface area contributed by atoms with Crippen molar-refractivity contribution in [1.29, 1.82) is 0 Å². The van der Waals surface area contributed by atoms with Crippen LogP contribution in [-0.2, 0) is 14.9 Å². The predicted molar refractivity (Wildman–Crippen MR) is 49.1 cm³/mol. The predicted octanol–water partition coefficient (Wildman–Crippen LogP) is -0.415. The second kappa shape index (κ2) is 5.43. The van der Waals surface area contributed by atoms with Gasteiger partial charge in [0.2, 0.25) is 0 Å². The van der Waals surface area contributed by atoms with Gasteiger partial charge in [-0.3, -0.25) is 14.7 Å². The van der Waals surface area contributed by atoms with Crippen molar-refractivity contribution >= 4 is 27.8 Å². The van der Waals surface area contributed by atoms with E-state index in [-0.39, 0.29) is 0 Å². The molecule has 1 aliphatic heterocycles. The molecule has 0 radical (unpaired) electrons. The van der Waals surface area contributed by atoms with E-state index in [2.05, 4.69) is 5.32 Å². The van der Waals surface area contributed by atoms with E-state index in [1.54, 1.807) is 0 Å². The molecule has 0 bridgehead atoms. The first-order chi connectivity index (χ1) is 5.84. The molecule has 1 saturated heterocycles. The van der Waals surface area contributed by atoms with Crippen LogP contribution in [0.3, 0.4) is 0 Å². The van der Waals surface area contributed by atoms with Gasteiger partial charge in [0, 0.05) is 19.2 Å². The maximum atomic E-state index is 10.3. The monoisotopic (exact) mass is 229 g/mol. The molecular weight excluding hydrogens is 218 g/mol. The summed E-state index contributed by atoms with van der Waals surface area (Å²) in [6, 6.07) is 0. The summed E-state index contributed by atoms with van der Waals surface area (Å²) in [5, 5.41) is 10.0. The normalized spacial score (nSPS) is 21.8. The van der Waals surface area contributed by atoms with Crippen LogP contribution in [0.15, 0.2) is 0 Å². The Balaban J connectivity index is 0.000000310. The zero-order chi connectivity index (χ0) is 10.5. The van der Waals surface area contributed by atoms with Gasteiger partial charge in [0.1, 0.15) is 0 Å². The minimum Gasteiger partial charge on any atom is -0.481 e. The Hall–Kier alpha value is -0.310. The maximum Gasteiger partial charge on any atom is 0.300 e. The molecule has 0 aromatic carbocycles. The molecule has 0 aromatic heterocycles. The molecule has 6 nitrogen and oxygen atoms in total. The van der Waals surface area contributed by atoms with E-state index in [4.69, 9.17) is 14.5 Å². The summed E-state index contributed by atoms with van der Waals surface area (Å²) in [7, 11) is -3.85. The number of carboxylic acid groups (broad SMARTS) is 1. The average Bonchev–Trinajstić information content (AvgIpc) is 2.31. The van der Waals surface area contributed by atoms with Crippen LogP contribution in [0.4, 0.5) is 0 Å². The van der Waals surface area contributed by atoms with Gasteiger partial charge in [-0.1, -0.05) is 0 Å². The number of hydrogen-bond acceptors (Lipinski definition) is 5. The van der Waals surface area contributed by atoms with E-state index in [0.29, 0.717) is 6.54 Å². The summed E-state index contributed by atoms with van der Waals surface area (Å²) in [4.78, 5) is 9.00. The zero-order valence-corrected chi connectivity index (χ0v) is 8.56. The van der Waals surface area contributed by atoms with Crippen molar-refractivity contribution in [1.82, 2.24) is 5.32 Å². The lowest BCUT2D eigenvalue weighted by Gasteiger charge is -2.02. The molecule has 0 spiro atoms. The molecule has 0 aliphatic carbocycles. The molecule has 1 unspecified atom stereocenters. The summed E-state index contributed by atoms with van der Waals surface area (Å²) in [6.07, 6.45) is 0. The van der Waals surface area contributed by atoms with Crippen molar-refractivity contribution in [2.24, 2.45) is 0 Å². The number of carbonyl (C=O) groups is 1. The van der Waals surface area contributed by atoms with Crippen LogP contribution in [0.25, 0.3) is 0 Å². The van der Waals surface area contributed by atoms with Gasteiger partial charge < -0.3 is 5.11 Å². The van der Waals surface area contributed by atoms with Crippen LogP contribution in [0.1, 0.15) is 6.92 Å². The van der Waals surface area contributed by atoms with Crippen LogP contribution >= 0.6 is 11.8 Å². The highest BCUT2D eigenvalue weighted by molar-refractivity contribution is 8.11. The first-order valence-corrected chi connectivity index (χ1v) is 5.90. The summed E-state index contributed by atoms with van der Waals surface area (Å²) in [6.45, 7) is 1.73. The Bertz CT molecular complexity index is 252. The van der Waals surface area contributed by atoms with E-state index >= 15 is 0 Å². The van der Waals surface area contributed by atoms with Crippen molar-refractivity contribution in [2.45, 2.75) is 11.6 Å². The molecule has 0 aromatic rings. The molecule has 1 heterocycles. The second-order valence-electron chi connectivity index (χ2n) is 2.19. The van der Waals surface area contributed by atoms with Crippen LogP contribution < -0.4 is 5.32 Å². The topological polar surface area (TPSA) is 104 Å². The number of hydrogen-bond donors (Lipinski definition) is 3. The minimum absolute atomic E-state index is 0.648. The SMILES string of the molecule is CC(=O)O.O=S(=O)(O)C1NCCS1. The molecule has 8 heteroatoms. The molecular formula is C5H11NO5S2. The van der Waals surface area contributed by atoms with Crippen LogP contribution in [-0.4, -0.2) is 41.0 Å². The zero-order valence-electron chi connectivity index (χ0n) is 6.93. The molecule has 1 rings (SSSR count). The van der Waals surface area contributed by atoms with E-state index in [1.165, 1.54) is 11.8 Å². The lowest BCUT2D eigenvalue weighted by molar-refractivity contribution is -0.134. The van der Waals surface area contributed by atoms with Gasteiger partial charge in [0.25, 0.3) is 16.1 Å². The molecule has 13 heavy (non-hydrogen) atoms. The van der Waals surface area contributed by atoms with Crippen LogP contribution in [0, 0.1) is 0 Å². The minimum atomic E-state index is -3.85. The number of thioether (sulfide) groups is 1. The molecule has 0 saturated carbocycles. The Morgan fingerprint density at radius 1 is 1.62 bits per heavy atom. The fourth-order valence-electron chi connectivity index (χ4n) is 0.593. The molecule has 3 N–H and O–H groups in total. The summed E-state index contributed by atoms with van der Waals surface area (Å²) in [5.74, 6) is -0.0928. The van der Waals surface area contributed by atoms with E-state index < -0.39 is 20.8 Å². The number of nitrogens with one attached hydrogen (secondary N) is 1. The van der Waals surface area contributed by atoms with Crippen molar-refractivity contribution in [3.8, 4) is 0 Å². The largest absolute Gasteiger partial charge is 0.481 e. The fraction of sp³-hybridized carbons (Fsp3) is 0.800. The average molecular weight is 229 g/mol. The fourth-order valence-corrected chi connectivity index (χ4v) is 2.58. The Labute approximate surface area is 80.5 Å². The Morgan fingerprint density at radius 2 is 2.08 bits per heavy atom. The Kier molecular flexibility index (Phi) is 5.30. The van der Waals surface area contributed by atoms with E-state index in [0.717, 1.165) is 12.7 Å². The summed E-state index contributed by atoms with van der Waals surface area (Å²) < 4.78 is 28.2. The number of rotatable bonds is 1. The van der Waals surface area contributed by atoms with Gasteiger partial charge in [0.15, 0.2) is 4.71 Å². The third kappa shape index (κ3) is 6.82. The number of carboxylic acids is 1. The third-order valence-corrected chi connectivity index (χ3v) is 3.71. The highest BCUT2D eigenvalue weighted by Gasteiger charge is 2.26. The Morgan fingerprint density at radius 3 is 2.23 bits per heavy atom. The quantitative estimate of drug-likeness (QED) is 0.525. The highest BCUT2D eigenvalue weighted by Crippen LogP contribution is 2.17. The van der Waals surface area contributed by atoms with E-state index in [9.17, 15) is 8.42 Å². The smallest absolute Gasteiger partial charge is 0.300 e. The molecule has 1 aliphatic rings. The van der Waals surface area contributed by atoms with Crippen LogP contribution in [0.5, 0.6) is 0 Å². The van der Waals surface area contributed by atoms with Gasteiger partial charge in [-0.2, -0.15) is 8.42 Å². The maximum absolute atomic E-state index is 10.3. The molecule has 78 valence electrons. The van der Waals surface area contributed by atoms with Gasteiger partial charge >= 0.3 is 0 Å². The van der Waals surface area contributed by atoms with Gasteiger partial charge in [-0.25, -0.2) is 0 Å². The first kappa shape index (κ1) is 12.7. The van der Waals surface area contributed by atoms with Gasteiger partial charge in [-0.05, 0) is 0 Å². The molecule has 1 fully saturated rings. The molecule has 1 atom stereocenters. The summed E-state index contributed by atoms with van der Waals surface area (Å²) >= 11 is 1.20. The lowest BCUT2D eigenvalue weighted by Crippen LogP contribution is -2.28. The van der Waals surface area contributed by atoms with Crippen LogP contribution in [0.2, 0.25) is 0 Å². The first-order valence-electron chi connectivity index (χ1n) is 3.35. The number of aliphatic carboxylic acids is 1. The van der Waals surface area contributed by atoms with Crippen molar-refractivity contribution in [2.75, 3.05) is 12.3 Å². The standard InChI is InChI=1S/C3H7NO3S2.C2H4O2/c5-9(6,7)3-4-1-2-8-3;1-2(3)4/h3-4H,1-2H2,(H,5,6,7);1H3,(H,3,4). The van der Waals surface area contributed by atoms with Crippen molar-refractivity contribution in [3.63, 3.8) is 0 Å². The molecule has 0 amide bonds. The van der Waals surface area contributed by atoms with Gasteiger partial charge in [-0.15, -0.1) is 11.8 Å². The highest BCUT2D eigenvalue weighted by atomic mass is 32.3. The second-order valence-corrected chi connectivity index (χ2v) is 5.20.